The molecule has 4 amide bonds. The molecule has 0 saturated carbocycles. The lowest BCUT2D eigenvalue weighted by Gasteiger charge is -2.42. The van der Waals surface area contributed by atoms with Crippen LogP contribution in [0, 0.1) is 0 Å². The molecule has 3 aromatic heterocycles. The number of carbonyl (C=O) groups is 4. The van der Waals surface area contributed by atoms with Crippen LogP contribution in [-0.2, 0) is 158 Å². The quantitative estimate of drug-likeness (QED) is 0.0235. The first-order chi connectivity index (χ1) is 53.2. The monoisotopic (exact) mass is 1580 g/mol. The number of aliphatic hydroxyl groups excluding tert-OH is 6. The number of hydrogen-bond acceptors (Lipinski definition) is 37. The molecule has 9 heterocycles. The maximum absolute atomic E-state index is 13.3. The minimum Gasteiger partial charge on any atom is -0.388 e. The maximum atomic E-state index is 13.3. The first-order valence-corrected chi connectivity index (χ1v) is 36.7. The van der Waals surface area contributed by atoms with Gasteiger partial charge in [0.25, 0.3) is 0 Å². The summed E-state index contributed by atoms with van der Waals surface area (Å²) in [5, 5.41) is 100. The molecule has 6 aliphatic heterocycles. The normalized spacial score (nSPS) is 27.6. The van der Waals surface area contributed by atoms with Gasteiger partial charge in [0.05, 0.1) is 243 Å². The Labute approximate surface area is 634 Å². The minimum absolute atomic E-state index is 0.00820. The zero-order chi connectivity index (χ0) is 78.2. The van der Waals surface area contributed by atoms with E-state index >= 15 is 0 Å². The molecule has 0 aromatic carbocycles. The molecule has 6 aliphatic rings. The molecule has 6 fully saturated rings. The Hall–Kier alpha value is -5.78. The van der Waals surface area contributed by atoms with Crippen molar-refractivity contribution < 1.29 is 149 Å². The lowest BCUT2D eigenvalue weighted by Crippen LogP contribution is -2.66. The molecule has 0 spiro atoms. The van der Waals surface area contributed by atoms with Crippen molar-refractivity contribution in [2.45, 2.75) is 170 Å². The summed E-state index contributed by atoms with van der Waals surface area (Å²) in [6.45, 7) is 12.0. The standard InChI is InChI=1S/C66H109N13O31/c1-5-50(83)70-63(38-103-35-49-32-79(76-73-49)8-11-92-14-17-95-22-23-98-28-29-107-66-43-106-62(110-66)53(69-46(4)82)56(86)59(66)89,36-101-33-47-30-77(74-71-47)6-9-90-12-15-93-18-20-96-24-26-99-39-64-41-104-60(108-64)51(67-44(2)80)54(84)57(64)87)37-102-34-48-31-78(75-72-48)7-10-91-13-16-94-19-21-97-25-27-100-40-65-42-105-61(109-65)52(68-45(3)81)55(85)58(65)88/h30-32,51-62,84-89H,5-29,33-43H2,1-4H3,(H,67,80)(H,68,81)(H,69,82)(H,70,83)/t51-,52-,53-,54-,55-,56-,57-,58-,59-,60+,61+,62+,64+,65+,66+/m1/s1. The lowest BCUT2D eigenvalue weighted by atomic mass is 9.88. The summed E-state index contributed by atoms with van der Waals surface area (Å²) >= 11 is 0. The summed E-state index contributed by atoms with van der Waals surface area (Å²) in [5.74, 6) is -3.05. The van der Waals surface area contributed by atoms with E-state index in [1.807, 2.05) is 0 Å². The van der Waals surface area contributed by atoms with Crippen LogP contribution in [0.15, 0.2) is 18.6 Å². The first kappa shape index (κ1) is 88.2. The van der Waals surface area contributed by atoms with Gasteiger partial charge in [0.1, 0.15) is 95.2 Å². The number of fused-ring (bicyclic) bond motifs is 6. The van der Waals surface area contributed by atoms with Gasteiger partial charge in [0.15, 0.2) is 18.9 Å². The number of ether oxygens (including phenoxy) is 21. The molecule has 44 heteroatoms. The number of aliphatic hydroxyl groups is 6. The average Bonchev–Trinajstić information content (AvgIpc) is 1.61. The first-order valence-electron chi connectivity index (χ1n) is 36.7. The molecular formula is C66H109N13O31. The number of rotatable bonds is 58. The minimum atomic E-state index is -1.58. The van der Waals surface area contributed by atoms with Gasteiger partial charge >= 0.3 is 0 Å². The molecule has 44 nitrogen and oxygen atoms in total. The van der Waals surface area contributed by atoms with Crippen molar-refractivity contribution in [1.29, 1.82) is 0 Å². The van der Waals surface area contributed by atoms with Crippen molar-refractivity contribution in [2.24, 2.45) is 0 Å². The van der Waals surface area contributed by atoms with Gasteiger partial charge in [-0.15, -0.1) is 15.3 Å². The largest absolute Gasteiger partial charge is 0.388 e. The van der Waals surface area contributed by atoms with Crippen LogP contribution < -0.4 is 21.3 Å². The Balaban J connectivity index is 0.642. The van der Waals surface area contributed by atoms with E-state index in [1.165, 1.54) is 20.8 Å². The average molecular weight is 1580 g/mol. The Kier molecular flexibility index (Phi) is 36.3. The van der Waals surface area contributed by atoms with E-state index in [-0.39, 0.29) is 150 Å². The van der Waals surface area contributed by atoms with Crippen LogP contribution in [0.2, 0.25) is 0 Å². The SMILES string of the molecule is CCC(=O)NC(COCc1cn(CCOCCOCCOCCOC[C@@]23CO[C@@H](O2)[C@H](NC(C)=O)[C@@H](O)[C@H]3O)nn1)(COCc1cn(CCOCCOCCOCCOC[C@@]23CO[C@@H](O2)[C@H](NC(C)=O)[C@@H](O)[C@H]3O)nn1)COCc1cn(CCOCCOCCOCCO[C@@]23CO[C@@H](O2)[C@H](NC(C)=O)[C@@H](O)[C@H]3O)nn1. The van der Waals surface area contributed by atoms with Gasteiger partial charge in [-0.2, -0.15) is 0 Å². The molecular weight excluding hydrogens is 1470 g/mol. The Morgan fingerprint density at radius 3 is 1.08 bits per heavy atom. The Morgan fingerprint density at radius 1 is 0.427 bits per heavy atom. The molecule has 0 radical (unpaired) electrons. The van der Waals surface area contributed by atoms with Crippen molar-refractivity contribution in [3.8, 4) is 0 Å². The summed E-state index contributed by atoms with van der Waals surface area (Å²) < 4.78 is 126. The van der Waals surface area contributed by atoms with Crippen molar-refractivity contribution in [3.05, 3.63) is 35.7 Å². The summed E-state index contributed by atoms with van der Waals surface area (Å²) in [4.78, 5) is 47.9. The van der Waals surface area contributed by atoms with Crippen LogP contribution in [0.3, 0.4) is 0 Å². The van der Waals surface area contributed by atoms with Crippen LogP contribution >= 0.6 is 0 Å². The van der Waals surface area contributed by atoms with E-state index in [0.717, 1.165) is 0 Å². The zero-order valence-corrected chi connectivity index (χ0v) is 62.5. The third-order valence-electron chi connectivity index (χ3n) is 18.0. The third kappa shape index (κ3) is 26.7. The molecule has 6 bridgehead atoms. The van der Waals surface area contributed by atoms with Gasteiger partial charge in [0.2, 0.25) is 29.4 Å². The van der Waals surface area contributed by atoms with E-state index in [1.54, 1.807) is 39.6 Å². The second-order valence-electron chi connectivity index (χ2n) is 26.9. The molecule has 110 heavy (non-hydrogen) atoms. The maximum Gasteiger partial charge on any atom is 0.224 e. The topological polar surface area (TPSA) is 524 Å². The van der Waals surface area contributed by atoms with Crippen LogP contribution in [0.25, 0.3) is 0 Å². The number of carbonyl (C=O) groups excluding carboxylic acids is 4. The molecule has 15 atom stereocenters. The summed E-state index contributed by atoms with van der Waals surface area (Å²) in [5.41, 5.74) is -2.21. The molecule has 0 unspecified atom stereocenters. The second kappa shape index (κ2) is 45.3. The van der Waals surface area contributed by atoms with E-state index in [2.05, 4.69) is 52.2 Å². The van der Waals surface area contributed by atoms with Crippen LogP contribution in [0.5, 0.6) is 0 Å². The molecule has 624 valence electrons. The summed E-state index contributed by atoms with van der Waals surface area (Å²) in [7, 11) is 0. The number of aromatic nitrogens is 9. The smallest absolute Gasteiger partial charge is 0.224 e. The van der Waals surface area contributed by atoms with Gasteiger partial charge < -0.3 is 151 Å². The number of amides is 4. The van der Waals surface area contributed by atoms with Crippen LogP contribution in [0.4, 0.5) is 0 Å². The number of hydrogen-bond donors (Lipinski definition) is 10. The van der Waals surface area contributed by atoms with Crippen molar-refractivity contribution in [2.75, 3.05) is 192 Å². The van der Waals surface area contributed by atoms with Gasteiger partial charge in [-0.05, 0) is 0 Å². The van der Waals surface area contributed by atoms with Crippen molar-refractivity contribution in [3.63, 3.8) is 0 Å². The molecule has 3 aromatic rings. The van der Waals surface area contributed by atoms with E-state index in [9.17, 15) is 49.8 Å². The third-order valence-corrected chi connectivity index (χ3v) is 18.0. The van der Waals surface area contributed by atoms with Crippen molar-refractivity contribution >= 4 is 23.6 Å². The predicted octanol–water partition coefficient (Wildman–Crippen LogP) is -7.11. The second-order valence-corrected chi connectivity index (χ2v) is 26.9. The zero-order valence-electron chi connectivity index (χ0n) is 62.5. The highest BCUT2D eigenvalue weighted by Crippen LogP contribution is 2.40. The molecule has 0 aliphatic carbocycles. The Morgan fingerprint density at radius 2 is 0.736 bits per heavy atom. The Bertz CT molecular complexity index is 3060. The van der Waals surface area contributed by atoms with Crippen LogP contribution in [-0.4, -0.2) is 387 Å². The molecule has 6 saturated heterocycles. The van der Waals surface area contributed by atoms with Gasteiger partial charge in [-0.1, -0.05) is 22.6 Å². The number of nitrogens with zero attached hydrogens (tertiary/aromatic N) is 9. The highest BCUT2D eigenvalue weighted by Gasteiger charge is 2.62. The van der Waals surface area contributed by atoms with Crippen LogP contribution in [0.1, 0.15) is 51.2 Å². The highest BCUT2D eigenvalue weighted by molar-refractivity contribution is 5.76. The fraction of sp³-hybridized carbons (Fsp3) is 0.848. The fourth-order valence-corrected chi connectivity index (χ4v) is 12.4. The molecule has 9 rings (SSSR count). The van der Waals surface area contributed by atoms with E-state index in [4.69, 9.17) is 99.5 Å². The van der Waals surface area contributed by atoms with Gasteiger partial charge in [-0.25, -0.2) is 14.0 Å². The van der Waals surface area contributed by atoms with Gasteiger partial charge in [0, 0.05) is 27.2 Å². The lowest BCUT2D eigenvalue weighted by molar-refractivity contribution is -0.320. The van der Waals surface area contributed by atoms with Crippen molar-refractivity contribution in [1.82, 2.24) is 66.2 Å². The van der Waals surface area contributed by atoms with E-state index in [0.29, 0.717) is 123 Å². The number of nitrogens with one attached hydrogen (secondary N) is 4. The summed E-state index contributed by atoms with van der Waals surface area (Å²) in [6.07, 6.45) is -5.53. The fourth-order valence-electron chi connectivity index (χ4n) is 12.4. The van der Waals surface area contributed by atoms with E-state index < -0.39 is 102 Å². The highest BCUT2D eigenvalue weighted by atomic mass is 16.8. The summed E-state index contributed by atoms with van der Waals surface area (Å²) in [6, 6.07) is -2.75. The predicted molar refractivity (Wildman–Crippen MR) is 365 cm³/mol. The van der Waals surface area contributed by atoms with Gasteiger partial charge in [-0.3, -0.25) is 19.2 Å². The molecule has 10 N–H and O–H groups in total.